The summed E-state index contributed by atoms with van der Waals surface area (Å²) in [4.78, 5) is 8.14. The van der Waals surface area contributed by atoms with Crippen molar-refractivity contribution in [1.82, 2.24) is 0 Å². The van der Waals surface area contributed by atoms with E-state index in [1.807, 2.05) is 84.9 Å². The standard InChI is InChI=1S/C58H32N4O3/c1-60-36-26-30-38(31-27-36)62(48-21-11-19-46-42-15-7-9-23-52(42)65-58(46)48)50-33-54-56(44-17-5-3-13-40(44)50)55-43-16-4-2-12-39(43)49(32-53(55)63-54)61(37-28-24-35(34-59)25-29-37)47-20-10-18-45-41-14-6-8-22-51(41)64-57(45)47/h2-33H. The third-order valence-electron chi connectivity index (χ3n) is 12.7. The van der Waals surface area contributed by atoms with Gasteiger partial charge in [-0.15, -0.1) is 0 Å². The fourth-order valence-electron chi connectivity index (χ4n) is 9.82. The summed E-state index contributed by atoms with van der Waals surface area (Å²) < 4.78 is 20.5. The molecule has 0 bridgehead atoms. The number of nitriles is 1. The zero-order valence-corrected chi connectivity index (χ0v) is 34.5. The fraction of sp³-hybridized carbons (Fsp3) is 0. The molecule has 0 saturated heterocycles. The van der Waals surface area contributed by atoms with Crippen LogP contribution in [-0.2, 0) is 0 Å². The van der Waals surface area contributed by atoms with Gasteiger partial charge in [-0.2, -0.15) is 5.26 Å². The molecule has 3 aromatic heterocycles. The van der Waals surface area contributed by atoms with Gasteiger partial charge in [-0.25, -0.2) is 4.85 Å². The lowest BCUT2D eigenvalue weighted by Gasteiger charge is -2.27. The van der Waals surface area contributed by atoms with Gasteiger partial charge in [-0.05, 0) is 71.4 Å². The minimum atomic E-state index is 0.558. The first-order chi connectivity index (χ1) is 32.1. The zero-order valence-electron chi connectivity index (χ0n) is 34.5. The molecule has 302 valence electrons. The Kier molecular flexibility index (Phi) is 7.90. The predicted octanol–water partition coefficient (Wildman–Crippen LogP) is 17.1. The maximum Gasteiger partial charge on any atom is 0.187 e. The van der Waals surface area contributed by atoms with Crippen molar-refractivity contribution in [2.75, 3.05) is 9.80 Å². The molecule has 0 fully saturated rings. The highest BCUT2D eigenvalue weighted by Crippen LogP contribution is 2.51. The second-order valence-corrected chi connectivity index (χ2v) is 16.2. The molecule has 0 spiro atoms. The summed E-state index contributed by atoms with van der Waals surface area (Å²) in [6.07, 6.45) is 0. The van der Waals surface area contributed by atoms with E-state index in [1.54, 1.807) is 0 Å². The molecule has 13 rings (SSSR count). The molecule has 13 aromatic rings. The average molecular weight is 833 g/mol. The Morgan fingerprint density at radius 1 is 0.385 bits per heavy atom. The van der Waals surface area contributed by atoms with Crippen molar-refractivity contribution in [3.63, 3.8) is 0 Å². The van der Waals surface area contributed by atoms with Crippen molar-refractivity contribution in [2.45, 2.75) is 0 Å². The van der Waals surface area contributed by atoms with Gasteiger partial charge in [0.05, 0.1) is 41.0 Å². The van der Waals surface area contributed by atoms with Crippen LogP contribution in [0.3, 0.4) is 0 Å². The molecule has 0 radical (unpaired) electrons. The third kappa shape index (κ3) is 5.47. The molecule has 10 aromatic carbocycles. The monoisotopic (exact) mass is 832 g/mol. The first-order valence-corrected chi connectivity index (χ1v) is 21.3. The second kappa shape index (κ2) is 14.1. The highest BCUT2D eigenvalue weighted by molar-refractivity contribution is 6.30. The lowest BCUT2D eigenvalue weighted by Crippen LogP contribution is -2.11. The van der Waals surface area contributed by atoms with E-state index in [2.05, 4.69) is 130 Å². The number of anilines is 6. The second-order valence-electron chi connectivity index (χ2n) is 16.2. The van der Waals surface area contributed by atoms with Crippen LogP contribution in [0.2, 0.25) is 0 Å². The number of fused-ring (bicyclic) bond motifs is 13. The molecule has 7 nitrogen and oxygen atoms in total. The van der Waals surface area contributed by atoms with Gasteiger partial charge in [0, 0.05) is 66.6 Å². The average Bonchev–Trinajstić information content (AvgIpc) is 4.07. The van der Waals surface area contributed by atoms with E-state index in [9.17, 15) is 5.26 Å². The Hall–Kier alpha value is -9.30. The minimum absolute atomic E-state index is 0.558. The van der Waals surface area contributed by atoms with E-state index in [4.69, 9.17) is 19.8 Å². The SMILES string of the molecule is [C-]#[N+]c1ccc(N(c2cc3oc4cc(N(c5ccc(C#N)cc5)c5cccc6c5oc5ccccc56)c5ccccc5c4c3c3ccccc23)c2cccc3c2oc2ccccc23)cc1. The Bertz CT molecular complexity index is 3900. The molecule has 7 heteroatoms. The lowest BCUT2D eigenvalue weighted by molar-refractivity contribution is 0.667. The molecule has 0 N–H and O–H groups in total. The van der Waals surface area contributed by atoms with Crippen LogP contribution in [0.4, 0.5) is 39.8 Å². The molecule has 0 aliphatic carbocycles. The van der Waals surface area contributed by atoms with Gasteiger partial charge in [0.25, 0.3) is 0 Å². The summed E-state index contributed by atoms with van der Waals surface area (Å²) in [5.41, 5.74) is 11.0. The zero-order chi connectivity index (χ0) is 43.2. The number of benzene rings is 10. The maximum absolute atomic E-state index is 9.80. The van der Waals surface area contributed by atoms with E-state index in [0.717, 1.165) is 121 Å². The molecular formula is C58H32N4O3. The summed E-state index contributed by atoms with van der Waals surface area (Å²) in [5.74, 6) is 0. The first kappa shape index (κ1) is 36.4. The van der Waals surface area contributed by atoms with Crippen LogP contribution in [-0.4, -0.2) is 0 Å². The van der Waals surface area contributed by atoms with Crippen molar-refractivity contribution in [3.05, 3.63) is 211 Å². The van der Waals surface area contributed by atoms with Gasteiger partial charge in [0.15, 0.2) is 16.9 Å². The Balaban J connectivity index is 1.10. The number of nitrogens with zero attached hydrogens (tertiary/aromatic N) is 4. The third-order valence-corrected chi connectivity index (χ3v) is 12.7. The quantitative estimate of drug-likeness (QED) is 0.155. The Morgan fingerprint density at radius 3 is 1.26 bits per heavy atom. The topological polar surface area (TPSA) is 74.1 Å². The van der Waals surface area contributed by atoms with Crippen LogP contribution in [0.25, 0.3) is 92.2 Å². The number of rotatable bonds is 6. The number of hydrogen-bond donors (Lipinski definition) is 0. The normalized spacial score (nSPS) is 11.7. The molecule has 0 atom stereocenters. The first-order valence-electron chi connectivity index (χ1n) is 21.3. The van der Waals surface area contributed by atoms with Crippen LogP contribution in [0.5, 0.6) is 0 Å². The van der Waals surface area contributed by atoms with Crippen molar-refractivity contribution in [3.8, 4) is 6.07 Å². The minimum Gasteiger partial charge on any atom is -0.456 e. The van der Waals surface area contributed by atoms with Crippen molar-refractivity contribution >= 4 is 127 Å². The fourth-order valence-corrected chi connectivity index (χ4v) is 9.82. The van der Waals surface area contributed by atoms with Crippen molar-refractivity contribution in [1.29, 1.82) is 5.26 Å². The summed E-state index contributed by atoms with van der Waals surface area (Å²) in [6.45, 7) is 7.71. The molecule has 0 aliphatic heterocycles. The van der Waals surface area contributed by atoms with Crippen molar-refractivity contribution < 1.29 is 13.3 Å². The van der Waals surface area contributed by atoms with Gasteiger partial charge < -0.3 is 23.1 Å². The molecule has 0 unspecified atom stereocenters. The molecule has 0 saturated carbocycles. The van der Waals surface area contributed by atoms with E-state index >= 15 is 0 Å². The predicted molar refractivity (Wildman–Crippen MR) is 264 cm³/mol. The summed E-state index contributed by atoms with van der Waals surface area (Å²) in [7, 11) is 0. The van der Waals surface area contributed by atoms with E-state index < -0.39 is 0 Å². The maximum atomic E-state index is 9.80. The highest BCUT2D eigenvalue weighted by atomic mass is 16.3. The van der Waals surface area contributed by atoms with Crippen LogP contribution in [0.1, 0.15) is 5.56 Å². The highest BCUT2D eigenvalue weighted by Gasteiger charge is 2.27. The smallest absolute Gasteiger partial charge is 0.187 e. The van der Waals surface area contributed by atoms with Crippen LogP contribution >= 0.6 is 0 Å². The van der Waals surface area contributed by atoms with Crippen LogP contribution in [0.15, 0.2) is 207 Å². The van der Waals surface area contributed by atoms with Crippen LogP contribution in [0, 0.1) is 17.9 Å². The summed E-state index contributed by atoms with van der Waals surface area (Å²) in [5, 5.41) is 20.0. The van der Waals surface area contributed by atoms with Gasteiger partial charge in [-0.3, -0.25) is 0 Å². The molecular weight excluding hydrogens is 801 g/mol. The molecule has 65 heavy (non-hydrogen) atoms. The number of para-hydroxylation sites is 4. The lowest BCUT2D eigenvalue weighted by atomic mass is 9.96. The number of hydrogen-bond acceptors (Lipinski definition) is 6. The molecule has 3 heterocycles. The largest absolute Gasteiger partial charge is 0.456 e. The van der Waals surface area contributed by atoms with Gasteiger partial charge >= 0.3 is 0 Å². The van der Waals surface area contributed by atoms with Crippen LogP contribution < -0.4 is 9.80 Å². The Labute approximate surface area is 371 Å². The van der Waals surface area contributed by atoms with Crippen molar-refractivity contribution in [2.24, 2.45) is 0 Å². The molecule has 0 aliphatic rings. The number of furan rings is 3. The molecule has 0 amide bonds. The van der Waals surface area contributed by atoms with Gasteiger partial charge in [-0.1, -0.05) is 121 Å². The Morgan fingerprint density at radius 2 is 0.800 bits per heavy atom. The van der Waals surface area contributed by atoms with Gasteiger partial charge in [0.2, 0.25) is 0 Å². The van der Waals surface area contributed by atoms with E-state index in [0.29, 0.717) is 11.3 Å². The van der Waals surface area contributed by atoms with Gasteiger partial charge in [0.1, 0.15) is 22.3 Å². The van der Waals surface area contributed by atoms with E-state index in [-0.39, 0.29) is 0 Å². The van der Waals surface area contributed by atoms with E-state index in [1.165, 1.54) is 0 Å². The summed E-state index contributed by atoms with van der Waals surface area (Å²) in [6, 6.07) is 67.7. The summed E-state index contributed by atoms with van der Waals surface area (Å²) >= 11 is 0.